The summed E-state index contributed by atoms with van der Waals surface area (Å²) in [7, 11) is 0. The van der Waals surface area contributed by atoms with Crippen molar-refractivity contribution in [3.8, 4) is 0 Å². The molecule has 3 rings (SSSR count). The van der Waals surface area contributed by atoms with Gasteiger partial charge in [0, 0.05) is 29.6 Å². The predicted molar refractivity (Wildman–Crippen MR) is 103 cm³/mol. The van der Waals surface area contributed by atoms with Crippen LogP contribution in [0, 0.1) is 0 Å². The maximum atomic E-state index is 12.4. The standard InChI is InChI=1S/C20H22ClN3O/c21-17-6-8-18(9-7-17)24-20(25)16-12-19(14-22-13-16)23-11-10-15-4-2-1-3-5-15/h4,6-9,12-14,23H,1-3,5,10-11H2,(H,24,25). The Morgan fingerprint density at radius 1 is 1.12 bits per heavy atom. The second-order valence-corrected chi connectivity index (χ2v) is 6.64. The highest BCUT2D eigenvalue weighted by molar-refractivity contribution is 6.30. The maximum absolute atomic E-state index is 12.4. The van der Waals surface area contributed by atoms with Gasteiger partial charge in [0.15, 0.2) is 0 Å². The molecule has 130 valence electrons. The van der Waals surface area contributed by atoms with E-state index in [0.29, 0.717) is 16.3 Å². The summed E-state index contributed by atoms with van der Waals surface area (Å²) in [5.41, 5.74) is 3.62. The van der Waals surface area contributed by atoms with Crippen LogP contribution in [0.1, 0.15) is 42.5 Å². The van der Waals surface area contributed by atoms with E-state index in [0.717, 1.165) is 18.7 Å². The Hall–Kier alpha value is -2.33. The highest BCUT2D eigenvalue weighted by atomic mass is 35.5. The largest absolute Gasteiger partial charge is 0.383 e. The summed E-state index contributed by atoms with van der Waals surface area (Å²) >= 11 is 5.86. The van der Waals surface area contributed by atoms with Crippen molar-refractivity contribution in [1.29, 1.82) is 0 Å². The first-order chi connectivity index (χ1) is 12.2. The summed E-state index contributed by atoms with van der Waals surface area (Å²) in [5, 5.41) is 6.84. The van der Waals surface area contributed by atoms with E-state index in [1.165, 1.54) is 31.3 Å². The summed E-state index contributed by atoms with van der Waals surface area (Å²) in [4.78, 5) is 16.5. The number of halogens is 1. The Morgan fingerprint density at radius 2 is 1.96 bits per heavy atom. The second-order valence-electron chi connectivity index (χ2n) is 6.21. The fraction of sp³-hybridized carbons (Fsp3) is 0.300. The van der Waals surface area contributed by atoms with Crippen LogP contribution in [0.4, 0.5) is 11.4 Å². The van der Waals surface area contributed by atoms with Gasteiger partial charge in [-0.1, -0.05) is 23.3 Å². The minimum absolute atomic E-state index is 0.187. The van der Waals surface area contributed by atoms with Gasteiger partial charge in [-0.05, 0) is 62.4 Å². The van der Waals surface area contributed by atoms with E-state index in [-0.39, 0.29) is 5.91 Å². The van der Waals surface area contributed by atoms with Crippen LogP contribution in [-0.4, -0.2) is 17.4 Å². The second kappa shape index (κ2) is 8.67. The van der Waals surface area contributed by atoms with Crippen molar-refractivity contribution in [3.05, 3.63) is 65.0 Å². The molecule has 1 aliphatic carbocycles. The molecule has 0 bridgehead atoms. The Balaban J connectivity index is 1.55. The molecule has 0 spiro atoms. The number of allylic oxidation sites excluding steroid dienone is 1. The number of carbonyl (C=O) groups is 1. The topological polar surface area (TPSA) is 54.0 Å². The van der Waals surface area contributed by atoms with E-state index >= 15 is 0 Å². The molecule has 5 heteroatoms. The average molecular weight is 356 g/mol. The third kappa shape index (κ3) is 5.33. The molecule has 0 aliphatic heterocycles. The van der Waals surface area contributed by atoms with Gasteiger partial charge in [0.05, 0.1) is 11.3 Å². The lowest BCUT2D eigenvalue weighted by atomic mass is 9.97. The molecule has 2 N–H and O–H groups in total. The van der Waals surface area contributed by atoms with Crippen LogP contribution in [0.25, 0.3) is 0 Å². The molecule has 1 amide bonds. The Bertz CT molecular complexity index is 756. The van der Waals surface area contributed by atoms with Gasteiger partial charge < -0.3 is 10.6 Å². The zero-order chi connectivity index (χ0) is 17.5. The molecular formula is C20H22ClN3O. The summed E-state index contributed by atoms with van der Waals surface area (Å²) in [6.07, 6.45) is 11.7. The number of rotatable bonds is 6. The van der Waals surface area contributed by atoms with E-state index in [2.05, 4.69) is 21.7 Å². The van der Waals surface area contributed by atoms with Crippen molar-refractivity contribution in [2.75, 3.05) is 17.2 Å². The molecule has 0 atom stereocenters. The summed E-state index contributed by atoms with van der Waals surface area (Å²) in [5.74, 6) is -0.187. The Labute approximate surface area is 153 Å². The van der Waals surface area contributed by atoms with Gasteiger partial charge in [-0.2, -0.15) is 0 Å². The third-order valence-corrected chi connectivity index (χ3v) is 4.51. The lowest BCUT2D eigenvalue weighted by Crippen LogP contribution is -2.13. The van der Waals surface area contributed by atoms with Gasteiger partial charge in [-0.15, -0.1) is 0 Å². The zero-order valence-electron chi connectivity index (χ0n) is 14.1. The monoisotopic (exact) mass is 355 g/mol. The van der Waals surface area contributed by atoms with Crippen LogP contribution < -0.4 is 10.6 Å². The van der Waals surface area contributed by atoms with Crippen molar-refractivity contribution in [3.63, 3.8) is 0 Å². The van der Waals surface area contributed by atoms with Crippen LogP contribution in [0.15, 0.2) is 54.4 Å². The van der Waals surface area contributed by atoms with Gasteiger partial charge in [-0.25, -0.2) is 0 Å². The lowest BCUT2D eigenvalue weighted by molar-refractivity contribution is 0.102. The highest BCUT2D eigenvalue weighted by Crippen LogP contribution is 2.20. The van der Waals surface area contributed by atoms with Crippen molar-refractivity contribution >= 4 is 28.9 Å². The van der Waals surface area contributed by atoms with Gasteiger partial charge >= 0.3 is 0 Å². The summed E-state index contributed by atoms with van der Waals surface area (Å²) in [6.45, 7) is 0.857. The first-order valence-corrected chi connectivity index (χ1v) is 9.02. The molecule has 0 fully saturated rings. The number of hydrogen-bond donors (Lipinski definition) is 2. The van der Waals surface area contributed by atoms with Crippen LogP contribution >= 0.6 is 11.6 Å². The maximum Gasteiger partial charge on any atom is 0.257 e. The van der Waals surface area contributed by atoms with Gasteiger partial charge in [0.1, 0.15) is 0 Å². The average Bonchev–Trinajstić information content (AvgIpc) is 2.65. The minimum Gasteiger partial charge on any atom is -0.383 e. The highest BCUT2D eigenvalue weighted by Gasteiger charge is 2.08. The summed E-state index contributed by atoms with van der Waals surface area (Å²) < 4.78 is 0. The smallest absolute Gasteiger partial charge is 0.257 e. The van der Waals surface area contributed by atoms with Gasteiger partial charge in [0.2, 0.25) is 0 Å². The number of nitrogens with zero attached hydrogens (tertiary/aromatic N) is 1. The first kappa shape index (κ1) is 17.5. The van der Waals surface area contributed by atoms with Crippen molar-refractivity contribution in [1.82, 2.24) is 4.98 Å². The molecular weight excluding hydrogens is 334 g/mol. The molecule has 4 nitrogen and oxygen atoms in total. The zero-order valence-corrected chi connectivity index (χ0v) is 14.9. The molecule has 25 heavy (non-hydrogen) atoms. The third-order valence-electron chi connectivity index (χ3n) is 4.26. The SMILES string of the molecule is O=C(Nc1ccc(Cl)cc1)c1cncc(NCCC2=CCCCC2)c1. The van der Waals surface area contributed by atoms with E-state index in [9.17, 15) is 4.79 Å². The number of aromatic nitrogens is 1. The molecule has 0 radical (unpaired) electrons. The van der Waals surface area contributed by atoms with E-state index in [4.69, 9.17) is 11.6 Å². The Morgan fingerprint density at radius 3 is 2.72 bits per heavy atom. The normalized spacial score (nSPS) is 13.9. The van der Waals surface area contributed by atoms with Crippen LogP contribution in [0.3, 0.4) is 0 Å². The Kier molecular flexibility index (Phi) is 6.07. The quantitative estimate of drug-likeness (QED) is 0.692. The number of carbonyl (C=O) groups excluding carboxylic acids is 1. The number of hydrogen-bond acceptors (Lipinski definition) is 3. The number of benzene rings is 1. The van der Waals surface area contributed by atoms with Crippen LogP contribution in [0.5, 0.6) is 0 Å². The van der Waals surface area contributed by atoms with E-state index in [1.807, 2.05) is 6.07 Å². The molecule has 1 aromatic carbocycles. The minimum atomic E-state index is -0.187. The molecule has 0 unspecified atom stereocenters. The van der Waals surface area contributed by atoms with E-state index in [1.54, 1.807) is 36.7 Å². The molecule has 1 aromatic heterocycles. The molecule has 2 aromatic rings. The van der Waals surface area contributed by atoms with E-state index < -0.39 is 0 Å². The molecule has 1 heterocycles. The number of nitrogens with one attached hydrogen (secondary N) is 2. The molecule has 0 saturated carbocycles. The number of amides is 1. The molecule has 0 saturated heterocycles. The van der Waals surface area contributed by atoms with Crippen molar-refractivity contribution in [2.24, 2.45) is 0 Å². The van der Waals surface area contributed by atoms with Crippen molar-refractivity contribution < 1.29 is 4.79 Å². The van der Waals surface area contributed by atoms with Crippen LogP contribution in [0.2, 0.25) is 5.02 Å². The first-order valence-electron chi connectivity index (χ1n) is 8.64. The van der Waals surface area contributed by atoms with Crippen molar-refractivity contribution in [2.45, 2.75) is 32.1 Å². The fourth-order valence-corrected chi connectivity index (χ4v) is 3.02. The number of anilines is 2. The van der Waals surface area contributed by atoms with Gasteiger partial charge in [0.25, 0.3) is 5.91 Å². The summed E-state index contributed by atoms with van der Waals surface area (Å²) in [6, 6.07) is 8.86. The lowest BCUT2D eigenvalue weighted by Gasteiger charge is -2.13. The molecule has 1 aliphatic rings. The fourth-order valence-electron chi connectivity index (χ4n) is 2.90. The van der Waals surface area contributed by atoms with Crippen LogP contribution in [-0.2, 0) is 0 Å². The van der Waals surface area contributed by atoms with Gasteiger partial charge in [-0.3, -0.25) is 9.78 Å². The predicted octanol–water partition coefficient (Wildman–Crippen LogP) is 5.29. The number of pyridine rings is 1.